The lowest BCUT2D eigenvalue weighted by atomic mass is 10.1. The largest absolute Gasteiger partial charge is 0.370 e. The second-order valence-electron chi connectivity index (χ2n) is 4.45. The summed E-state index contributed by atoms with van der Waals surface area (Å²) >= 11 is 0. The van der Waals surface area contributed by atoms with Gasteiger partial charge in [0.1, 0.15) is 12.0 Å². The number of pyridine rings is 1. The van der Waals surface area contributed by atoms with Crippen LogP contribution in [0.15, 0.2) is 23.3 Å². The van der Waals surface area contributed by atoms with E-state index in [2.05, 4.69) is 15.3 Å². The van der Waals surface area contributed by atoms with Gasteiger partial charge in [0.05, 0.1) is 10.5 Å². The first kappa shape index (κ1) is 12.9. The molecule has 0 radical (unpaired) electrons. The van der Waals surface area contributed by atoms with E-state index in [9.17, 15) is 10.1 Å². The van der Waals surface area contributed by atoms with Crippen LogP contribution in [-0.2, 0) is 0 Å². The lowest BCUT2D eigenvalue weighted by Gasteiger charge is -2.13. The van der Waals surface area contributed by atoms with Crippen LogP contribution in [0.4, 0.5) is 11.5 Å². The van der Waals surface area contributed by atoms with E-state index in [0.717, 1.165) is 6.20 Å². The van der Waals surface area contributed by atoms with Crippen LogP contribution in [0.5, 0.6) is 0 Å². The molecule has 0 unspecified atom stereocenters. The molecule has 7 heteroatoms. The minimum Gasteiger partial charge on any atom is -0.370 e. The van der Waals surface area contributed by atoms with Crippen LogP contribution in [-0.4, -0.2) is 21.4 Å². The van der Waals surface area contributed by atoms with E-state index in [4.69, 9.17) is 5.73 Å². The molecule has 0 aromatic carbocycles. The van der Waals surface area contributed by atoms with Gasteiger partial charge in [0.15, 0.2) is 5.96 Å². The van der Waals surface area contributed by atoms with Gasteiger partial charge in [-0.3, -0.25) is 10.1 Å². The summed E-state index contributed by atoms with van der Waals surface area (Å²) in [6, 6.07) is 2.82. The number of anilines is 1. The topological polar surface area (TPSA) is 106 Å². The van der Waals surface area contributed by atoms with Crippen molar-refractivity contribution in [2.75, 3.05) is 5.32 Å². The van der Waals surface area contributed by atoms with Crippen LogP contribution >= 0.6 is 0 Å². The fourth-order valence-corrected chi connectivity index (χ4v) is 1.09. The van der Waals surface area contributed by atoms with Crippen molar-refractivity contribution in [3.05, 3.63) is 28.4 Å². The molecule has 0 saturated heterocycles. The van der Waals surface area contributed by atoms with Crippen LogP contribution in [0.3, 0.4) is 0 Å². The molecule has 0 spiro atoms. The zero-order valence-corrected chi connectivity index (χ0v) is 9.97. The molecule has 1 heterocycles. The zero-order chi connectivity index (χ0) is 13.1. The van der Waals surface area contributed by atoms with Crippen molar-refractivity contribution >= 4 is 17.5 Å². The first-order valence-electron chi connectivity index (χ1n) is 5.01. The standard InChI is InChI=1S/C10H15N5O2/c1-10(2,3)14-9(11)13-8-5-4-7(6-12-8)15(16)17/h4-6H,1-3H3,(H3,11,12,13,14). The molecule has 0 aliphatic heterocycles. The number of rotatable bonds is 2. The van der Waals surface area contributed by atoms with Gasteiger partial charge in [-0.15, -0.1) is 0 Å². The van der Waals surface area contributed by atoms with Gasteiger partial charge in [-0.25, -0.2) is 9.98 Å². The lowest BCUT2D eigenvalue weighted by Crippen LogP contribution is -2.27. The molecule has 0 fully saturated rings. The molecule has 3 N–H and O–H groups in total. The van der Waals surface area contributed by atoms with Crippen molar-refractivity contribution < 1.29 is 4.92 Å². The highest BCUT2D eigenvalue weighted by molar-refractivity contribution is 5.91. The van der Waals surface area contributed by atoms with Gasteiger partial charge < -0.3 is 11.1 Å². The van der Waals surface area contributed by atoms with Crippen molar-refractivity contribution in [2.45, 2.75) is 26.3 Å². The Morgan fingerprint density at radius 1 is 1.53 bits per heavy atom. The van der Waals surface area contributed by atoms with E-state index in [0.29, 0.717) is 5.82 Å². The van der Waals surface area contributed by atoms with Crippen molar-refractivity contribution in [2.24, 2.45) is 10.7 Å². The van der Waals surface area contributed by atoms with Crippen molar-refractivity contribution in [1.29, 1.82) is 0 Å². The van der Waals surface area contributed by atoms with Gasteiger partial charge in [0, 0.05) is 6.07 Å². The Morgan fingerprint density at radius 2 is 2.18 bits per heavy atom. The number of nitrogens with one attached hydrogen (secondary N) is 1. The van der Waals surface area contributed by atoms with Crippen molar-refractivity contribution in [1.82, 2.24) is 4.98 Å². The molecule has 1 aromatic rings. The SMILES string of the molecule is CC(C)(C)N=C(N)Nc1ccc([N+](=O)[O-])cn1. The van der Waals surface area contributed by atoms with Gasteiger partial charge >= 0.3 is 0 Å². The maximum Gasteiger partial charge on any atom is 0.287 e. The van der Waals surface area contributed by atoms with Crippen molar-refractivity contribution in [3.63, 3.8) is 0 Å². The molecule has 1 rings (SSSR count). The Bertz CT molecular complexity index is 433. The predicted octanol–water partition coefficient (Wildman–Crippen LogP) is 1.51. The molecular formula is C10H15N5O2. The first-order chi connectivity index (χ1) is 7.78. The summed E-state index contributed by atoms with van der Waals surface area (Å²) < 4.78 is 0. The molecule has 0 bridgehead atoms. The van der Waals surface area contributed by atoms with Crippen LogP contribution in [0.1, 0.15) is 20.8 Å². The van der Waals surface area contributed by atoms with Gasteiger partial charge in [0.25, 0.3) is 5.69 Å². The molecule has 0 aliphatic rings. The second-order valence-corrected chi connectivity index (χ2v) is 4.45. The van der Waals surface area contributed by atoms with Crippen LogP contribution in [0, 0.1) is 10.1 Å². The highest BCUT2D eigenvalue weighted by Crippen LogP contribution is 2.12. The Kier molecular flexibility index (Phi) is 3.62. The average Bonchev–Trinajstić information content (AvgIpc) is 2.15. The van der Waals surface area contributed by atoms with Gasteiger partial charge in [0.2, 0.25) is 0 Å². The third-order valence-corrected chi connectivity index (χ3v) is 1.67. The molecule has 0 aliphatic carbocycles. The van der Waals surface area contributed by atoms with E-state index in [1.807, 2.05) is 20.8 Å². The summed E-state index contributed by atoms with van der Waals surface area (Å²) in [4.78, 5) is 17.9. The Labute approximate surface area is 98.9 Å². The summed E-state index contributed by atoms with van der Waals surface area (Å²) in [5, 5.41) is 13.2. The lowest BCUT2D eigenvalue weighted by molar-refractivity contribution is -0.385. The molecule has 0 atom stereocenters. The summed E-state index contributed by atoms with van der Waals surface area (Å²) in [5.74, 6) is 0.639. The number of nitrogens with two attached hydrogens (primary N) is 1. The number of hydrogen-bond donors (Lipinski definition) is 2. The number of nitro groups is 1. The Hall–Kier alpha value is -2.18. The fraction of sp³-hybridized carbons (Fsp3) is 0.400. The van der Waals surface area contributed by atoms with E-state index >= 15 is 0 Å². The van der Waals surface area contributed by atoms with Crippen LogP contribution < -0.4 is 11.1 Å². The highest BCUT2D eigenvalue weighted by Gasteiger charge is 2.09. The first-order valence-corrected chi connectivity index (χ1v) is 5.01. The third kappa shape index (κ3) is 4.45. The summed E-state index contributed by atoms with van der Waals surface area (Å²) in [7, 11) is 0. The summed E-state index contributed by atoms with van der Waals surface area (Å²) in [6.45, 7) is 5.72. The Balaban J connectivity index is 2.76. The van der Waals surface area contributed by atoms with Gasteiger partial charge in [-0.1, -0.05) is 0 Å². The smallest absolute Gasteiger partial charge is 0.287 e. The normalized spacial score (nSPS) is 12.3. The minimum atomic E-state index is -0.511. The molecule has 92 valence electrons. The number of hydrogen-bond acceptors (Lipinski definition) is 4. The summed E-state index contributed by atoms with van der Waals surface area (Å²) in [6.07, 6.45) is 1.16. The van der Waals surface area contributed by atoms with E-state index in [1.54, 1.807) is 0 Å². The molecule has 0 saturated carbocycles. The monoisotopic (exact) mass is 237 g/mol. The molecule has 17 heavy (non-hydrogen) atoms. The maximum absolute atomic E-state index is 10.4. The predicted molar refractivity (Wildman–Crippen MR) is 65.9 cm³/mol. The quantitative estimate of drug-likeness (QED) is 0.351. The Morgan fingerprint density at radius 3 is 2.59 bits per heavy atom. The number of aromatic nitrogens is 1. The van der Waals surface area contributed by atoms with Gasteiger partial charge in [-0.2, -0.15) is 0 Å². The molecule has 0 amide bonds. The summed E-state index contributed by atoms with van der Waals surface area (Å²) in [5.41, 5.74) is 5.29. The highest BCUT2D eigenvalue weighted by atomic mass is 16.6. The van der Waals surface area contributed by atoms with Crippen LogP contribution in [0.25, 0.3) is 0 Å². The molecular weight excluding hydrogens is 222 g/mol. The number of guanidine groups is 1. The molecule has 7 nitrogen and oxygen atoms in total. The third-order valence-electron chi connectivity index (χ3n) is 1.67. The van der Waals surface area contributed by atoms with E-state index in [1.165, 1.54) is 12.1 Å². The zero-order valence-electron chi connectivity index (χ0n) is 9.97. The fourth-order valence-electron chi connectivity index (χ4n) is 1.09. The van der Waals surface area contributed by atoms with Gasteiger partial charge in [-0.05, 0) is 26.8 Å². The van der Waals surface area contributed by atoms with Crippen LogP contribution in [0.2, 0.25) is 0 Å². The number of aliphatic imine (C=N–C) groups is 1. The van der Waals surface area contributed by atoms with E-state index in [-0.39, 0.29) is 17.2 Å². The second kappa shape index (κ2) is 4.77. The maximum atomic E-state index is 10.4. The average molecular weight is 237 g/mol. The van der Waals surface area contributed by atoms with E-state index < -0.39 is 4.92 Å². The van der Waals surface area contributed by atoms with Crippen molar-refractivity contribution in [3.8, 4) is 0 Å². The number of nitrogens with zero attached hydrogens (tertiary/aromatic N) is 3. The molecule has 1 aromatic heterocycles. The minimum absolute atomic E-state index is 0.0677.